The van der Waals surface area contributed by atoms with Crippen LogP contribution in [0.1, 0.15) is 29.4 Å². The summed E-state index contributed by atoms with van der Waals surface area (Å²) >= 11 is 1.74. The number of rotatable bonds is 6. The van der Waals surface area contributed by atoms with Crippen molar-refractivity contribution in [2.24, 2.45) is 10.9 Å². The highest BCUT2D eigenvalue weighted by Crippen LogP contribution is 2.03. The molecule has 4 N–H and O–H groups in total. The smallest absolute Gasteiger partial charge is 0.270 e. The van der Waals surface area contributed by atoms with Crippen LogP contribution in [0.4, 0.5) is 0 Å². The third-order valence-corrected chi connectivity index (χ3v) is 3.18. The minimum Gasteiger partial charge on any atom is -0.409 e. The molecule has 0 saturated carbocycles. The number of hydrogen-bond acceptors (Lipinski definition) is 5. The van der Waals surface area contributed by atoms with E-state index in [2.05, 4.69) is 15.5 Å². The van der Waals surface area contributed by atoms with Crippen LogP contribution in [0.5, 0.6) is 0 Å². The molecule has 0 aliphatic heterocycles. The maximum Gasteiger partial charge on any atom is 0.270 e. The van der Waals surface area contributed by atoms with Crippen LogP contribution in [0, 0.1) is 0 Å². The van der Waals surface area contributed by atoms with Crippen LogP contribution in [0.3, 0.4) is 0 Å². The molecule has 6 nitrogen and oxygen atoms in total. The molecule has 0 radical (unpaired) electrons. The summed E-state index contributed by atoms with van der Waals surface area (Å²) in [4.78, 5) is 15.9. The van der Waals surface area contributed by atoms with Crippen molar-refractivity contribution in [1.29, 1.82) is 0 Å². The molecule has 1 rings (SSSR count). The molecule has 0 aliphatic carbocycles. The predicted molar refractivity (Wildman–Crippen MR) is 76.7 cm³/mol. The van der Waals surface area contributed by atoms with E-state index in [1.165, 1.54) is 6.20 Å². The van der Waals surface area contributed by atoms with Gasteiger partial charge in [-0.25, -0.2) is 0 Å². The van der Waals surface area contributed by atoms with Gasteiger partial charge in [-0.3, -0.25) is 9.78 Å². The molecule has 0 bridgehead atoms. The third-order valence-electron chi connectivity index (χ3n) is 2.53. The fourth-order valence-electron chi connectivity index (χ4n) is 1.40. The molecule has 0 aromatic carbocycles. The molecule has 0 aliphatic rings. The molecule has 19 heavy (non-hydrogen) atoms. The number of hydrogen-bond donors (Lipinski definition) is 3. The quantitative estimate of drug-likeness (QED) is 0.313. The minimum atomic E-state index is -0.223. The van der Waals surface area contributed by atoms with Crippen molar-refractivity contribution >= 4 is 23.5 Å². The molecule has 1 aromatic rings. The van der Waals surface area contributed by atoms with Gasteiger partial charge >= 0.3 is 0 Å². The lowest BCUT2D eigenvalue weighted by Gasteiger charge is -2.12. The number of amidine groups is 1. The van der Waals surface area contributed by atoms with E-state index < -0.39 is 0 Å². The van der Waals surface area contributed by atoms with Crippen molar-refractivity contribution in [3.63, 3.8) is 0 Å². The molecular formula is C12H18N4O2S. The number of amides is 1. The van der Waals surface area contributed by atoms with Gasteiger partial charge in [-0.2, -0.15) is 11.8 Å². The lowest BCUT2D eigenvalue weighted by atomic mass is 10.2. The first-order chi connectivity index (χ1) is 9.08. The first-order valence-corrected chi connectivity index (χ1v) is 7.21. The van der Waals surface area contributed by atoms with Gasteiger partial charge in [0.25, 0.3) is 5.91 Å². The number of pyridine rings is 1. The zero-order valence-electron chi connectivity index (χ0n) is 11.0. The van der Waals surface area contributed by atoms with Gasteiger partial charge in [0.05, 0.1) is 0 Å². The highest BCUT2D eigenvalue weighted by molar-refractivity contribution is 7.98. The molecule has 0 spiro atoms. The highest BCUT2D eigenvalue weighted by Gasteiger charge is 2.11. The lowest BCUT2D eigenvalue weighted by Crippen LogP contribution is -2.33. The van der Waals surface area contributed by atoms with Crippen molar-refractivity contribution in [2.45, 2.75) is 19.4 Å². The maximum atomic E-state index is 11.9. The van der Waals surface area contributed by atoms with Crippen molar-refractivity contribution in [1.82, 2.24) is 10.3 Å². The monoisotopic (exact) mass is 282 g/mol. The first kappa shape index (κ1) is 15.3. The summed E-state index contributed by atoms with van der Waals surface area (Å²) in [6.45, 7) is 1.96. The Labute approximate surface area is 116 Å². The number of nitrogens with zero attached hydrogens (tertiary/aromatic N) is 2. The van der Waals surface area contributed by atoms with Gasteiger partial charge in [-0.15, -0.1) is 0 Å². The van der Waals surface area contributed by atoms with E-state index in [9.17, 15) is 4.79 Å². The molecule has 1 aromatic heterocycles. The second-order valence-electron chi connectivity index (χ2n) is 4.07. The summed E-state index contributed by atoms with van der Waals surface area (Å²) in [6, 6.07) is 3.23. The molecule has 7 heteroatoms. The van der Waals surface area contributed by atoms with Crippen LogP contribution in [0.2, 0.25) is 0 Å². The Hall–Kier alpha value is -1.76. The van der Waals surface area contributed by atoms with Gasteiger partial charge in [0.15, 0.2) is 5.84 Å². The minimum absolute atomic E-state index is 0.0344. The molecule has 0 saturated heterocycles. The molecule has 1 unspecified atom stereocenters. The second kappa shape index (κ2) is 7.63. The Bertz CT molecular complexity index is 448. The summed E-state index contributed by atoms with van der Waals surface area (Å²) in [6.07, 6.45) is 4.34. The summed E-state index contributed by atoms with van der Waals surface area (Å²) < 4.78 is 0. The van der Waals surface area contributed by atoms with E-state index in [0.717, 1.165) is 12.2 Å². The van der Waals surface area contributed by atoms with Gasteiger partial charge in [-0.1, -0.05) is 5.16 Å². The molecule has 1 atom stereocenters. The largest absolute Gasteiger partial charge is 0.409 e. The summed E-state index contributed by atoms with van der Waals surface area (Å²) in [5.74, 6) is 0.740. The summed E-state index contributed by atoms with van der Waals surface area (Å²) in [5.41, 5.74) is 6.19. The average molecular weight is 282 g/mol. The lowest BCUT2D eigenvalue weighted by molar-refractivity contribution is 0.0934. The predicted octanol–water partition coefficient (Wildman–Crippen LogP) is 1.05. The topological polar surface area (TPSA) is 101 Å². The molecule has 1 heterocycles. The first-order valence-electron chi connectivity index (χ1n) is 5.82. The number of thioether (sulfide) groups is 1. The third kappa shape index (κ3) is 4.78. The fraction of sp³-hybridized carbons (Fsp3) is 0.417. The van der Waals surface area contributed by atoms with Crippen LogP contribution in [0.15, 0.2) is 23.5 Å². The van der Waals surface area contributed by atoms with Gasteiger partial charge in [0, 0.05) is 17.8 Å². The zero-order chi connectivity index (χ0) is 14.3. The van der Waals surface area contributed by atoms with Gasteiger partial charge in [0.1, 0.15) is 5.69 Å². The van der Waals surface area contributed by atoms with Crippen LogP contribution >= 0.6 is 11.8 Å². The number of oxime groups is 1. The van der Waals surface area contributed by atoms with Gasteiger partial charge < -0.3 is 16.3 Å². The number of nitrogens with two attached hydrogens (primary N) is 1. The number of aromatic nitrogens is 1. The van der Waals surface area contributed by atoms with E-state index in [-0.39, 0.29) is 17.8 Å². The number of carbonyl (C=O) groups excluding carboxylic acids is 1. The average Bonchev–Trinajstić information content (AvgIpc) is 2.44. The van der Waals surface area contributed by atoms with Crippen LogP contribution < -0.4 is 11.1 Å². The van der Waals surface area contributed by atoms with E-state index in [1.54, 1.807) is 23.9 Å². The molecular weight excluding hydrogens is 264 g/mol. The van der Waals surface area contributed by atoms with Crippen LogP contribution in [-0.2, 0) is 0 Å². The highest BCUT2D eigenvalue weighted by atomic mass is 32.2. The van der Waals surface area contributed by atoms with E-state index in [4.69, 9.17) is 10.9 Å². The van der Waals surface area contributed by atoms with E-state index in [1.807, 2.05) is 13.2 Å². The van der Waals surface area contributed by atoms with E-state index in [0.29, 0.717) is 11.3 Å². The molecule has 1 amide bonds. The Kier molecular flexibility index (Phi) is 6.14. The van der Waals surface area contributed by atoms with Crippen molar-refractivity contribution in [3.8, 4) is 0 Å². The van der Waals surface area contributed by atoms with Gasteiger partial charge in [0.2, 0.25) is 0 Å². The Morgan fingerprint density at radius 2 is 2.37 bits per heavy atom. The second-order valence-corrected chi connectivity index (χ2v) is 5.06. The fourth-order valence-corrected chi connectivity index (χ4v) is 1.99. The Balaban J connectivity index is 2.63. The zero-order valence-corrected chi connectivity index (χ0v) is 11.8. The van der Waals surface area contributed by atoms with Crippen molar-refractivity contribution < 1.29 is 10.0 Å². The van der Waals surface area contributed by atoms with Crippen LogP contribution in [-0.4, -0.2) is 40.0 Å². The Morgan fingerprint density at radius 3 is 2.89 bits per heavy atom. The Morgan fingerprint density at radius 1 is 1.63 bits per heavy atom. The van der Waals surface area contributed by atoms with Gasteiger partial charge in [-0.05, 0) is 37.5 Å². The standard InChI is InChI=1S/C12H18N4O2S/c1-8(5-6-19-2)15-12(17)10-4-3-9(7-14-10)11(13)16-18/h3-4,7-8,18H,5-6H2,1-2H3,(H2,13,16)(H,15,17). The van der Waals surface area contributed by atoms with E-state index >= 15 is 0 Å². The summed E-state index contributed by atoms with van der Waals surface area (Å²) in [7, 11) is 0. The van der Waals surface area contributed by atoms with Crippen LogP contribution in [0.25, 0.3) is 0 Å². The summed E-state index contributed by atoms with van der Waals surface area (Å²) in [5, 5.41) is 14.3. The van der Waals surface area contributed by atoms with Crippen molar-refractivity contribution in [2.75, 3.05) is 12.0 Å². The molecule has 104 valence electrons. The normalized spacial score (nSPS) is 13.1. The van der Waals surface area contributed by atoms with Crippen molar-refractivity contribution in [3.05, 3.63) is 29.6 Å². The SMILES string of the molecule is CSCCC(C)NC(=O)c1ccc(/C(N)=N/O)cn1. The maximum absolute atomic E-state index is 11.9. The number of carbonyl (C=O) groups is 1. The number of nitrogens with one attached hydrogen (secondary N) is 1. The molecule has 0 fully saturated rings.